The molecule has 3 aromatic carbocycles. The number of carboxylic acid groups (broad SMARTS) is 2. The van der Waals surface area contributed by atoms with Crippen molar-refractivity contribution in [3.05, 3.63) is 96.1 Å². The van der Waals surface area contributed by atoms with Crippen molar-refractivity contribution in [3.63, 3.8) is 0 Å². The molecule has 0 bridgehead atoms. The van der Waals surface area contributed by atoms with Crippen molar-refractivity contribution >= 4 is 11.9 Å². The normalized spacial score (nSPS) is 16.1. The van der Waals surface area contributed by atoms with Crippen LogP contribution in [0.1, 0.15) is 11.1 Å². The minimum absolute atomic E-state index is 0.0691. The van der Waals surface area contributed by atoms with Crippen LogP contribution in [-0.4, -0.2) is 68.3 Å². The van der Waals surface area contributed by atoms with Crippen LogP contribution in [0.3, 0.4) is 0 Å². The Bertz CT molecular complexity index is 1070. The van der Waals surface area contributed by atoms with Gasteiger partial charge in [0, 0.05) is 13.1 Å². The first-order valence-electron chi connectivity index (χ1n) is 11.8. The lowest BCUT2D eigenvalue weighted by Gasteiger charge is -2.42. The summed E-state index contributed by atoms with van der Waals surface area (Å²) in [6, 6.07) is 28.3. The molecule has 1 atom stereocenters. The molecule has 37 heavy (non-hydrogen) atoms. The van der Waals surface area contributed by atoms with E-state index < -0.39 is 17.5 Å². The molecule has 1 saturated heterocycles. The van der Waals surface area contributed by atoms with E-state index in [2.05, 4.69) is 29.6 Å². The molecule has 3 aromatic rings. The van der Waals surface area contributed by atoms with Crippen LogP contribution in [0, 0.1) is 0 Å². The van der Waals surface area contributed by atoms with E-state index in [0.717, 1.165) is 22.6 Å². The van der Waals surface area contributed by atoms with Crippen LogP contribution < -0.4 is 14.8 Å². The highest BCUT2D eigenvalue weighted by Gasteiger charge is 2.41. The lowest BCUT2D eigenvalue weighted by Crippen LogP contribution is -2.49. The van der Waals surface area contributed by atoms with Crippen molar-refractivity contribution in [1.82, 2.24) is 5.32 Å². The summed E-state index contributed by atoms with van der Waals surface area (Å²) in [5.41, 5.74) is 1.59. The maximum Gasteiger partial charge on any atom is 0.414 e. The van der Waals surface area contributed by atoms with E-state index in [9.17, 15) is 0 Å². The molecule has 9 nitrogen and oxygen atoms in total. The number of benzene rings is 3. The summed E-state index contributed by atoms with van der Waals surface area (Å²) in [6.07, 6.45) is -0.0691. The minimum Gasteiger partial charge on any atom is -0.493 e. The summed E-state index contributed by atoms with van der Waals surface area (Å²) < 4.78 is 23.9. The second-order valence-electron chi connectivity index (χ2n) is 8.13. The van der Waals surface area contributed by atoms with Crippen LogP contribution in [-0.2, 0) is 24.7 Å². The average Bonchev–Trinajstić information content (AvgIpc) is 2.94. The van der Waals surface area contributed by atoms with Crippen molar-refractivity contribution < 1.29 is 38.7 Å². The number of methoxy groups -OCH3 is 1. The van der Waals surface area contributed by atoms with Crippen LogP contribution in [0.25, 0.3) is 0 Å². The van der Waals surface area contributed by atoms with Gasteiger partial charge in [-0.25, -0.2) is 9.59 Å². The fourth-order valence-electron chi connectivity index (χ4n) is 3.91. The quantitative estimate of drug-likeness (QED) is 0.295. The number of ether oxygens (including phenoxy) is 4. The number of para-hydroxylation sites is 2. The summed E-state index contributed by atoms with van der Waals surface area (Å²) in [7, 11) is 1.65. The van der Waals surface area contributed by atoms with E-state index >= 15 is 0 Å². The summed E-state index contributed by atoms with van der Waals surface area (Å²) in [6.45, 7) is 2.96. The standard InChI is InChI=1S/C26H29NO4.C2H2O4/c1-28-24-14-8-9-15-25(24)30-17-16-27-18-23-19-29-20-26(31-23,21-10-4-2-5-11-21)22-12-6-3-7-13-22;3-1(4)2(5)6/h2-15,23,27H,16-20H2,1H3;(H,3,4)(H,5,6). The van der Waals surface area contributed by atoms with Crippen molar-refractivity contribution in [1.29, 1.82) is 0 Å². The Morgan fingerprint density at radius 3 is 1.97 bits per heavy atom. The van der Waals surface area contributed by atoms with E-state index in [1.54, 1.807) is 7.11 Å². The molecule has 0 amide bonds. The van der Waals surface area contributed by atoms with E-state index in [4.69, 9.17) is 38.7 Å². The predicted molar refractivity (Wildman–Crippen MR) is 136 cm³/mol. The van der Waals surface area contributed by atoms with Gasteiger partial charge in [0.25, 0.3) is 0 Å². The van der Waals surface area contributed by atoms with Gasteiger partial charge in [-0.15, -0.1) is 0 Å². The molecular formula is C28H31NO8. The Labute approximate surface area is 215 Å². The van der Waals surface area contributed by atoms with E-state index in [1.807, 2.05) is 60.7 Å². The van der Waals surface area contributed by atoms with Gasteiger partial charge in [-0.2, -0.15) is 0 Å². The maximum atomic E-state index is 9.10. The molecule has 0 radical (unpaired) electrons. The molecule has 0 saturated carbocycles. The number of rotatable bonds is 9. The third kappa shape index (κ3) is 7.78. The Kier molecular flexibility index (Phi) is 10.5. The number of carboxylic acids is 2. The predicted octanol–water partition coefficient (Wildman–Crippen LogP) is 3.18. The molecule has 0 aromatic heterocycles. The molecule has 0 aliphatic carbocycles. The fraction of sp³-hybridized carbons (Fsp3) is 0.286. The first-order valence-corrected chi connectivity index (χ1v) is 11.8. The third-order valence-corrected chi connectivity index (χ3v) is 5.62. The van der Waals surface area contributed by atoms with E-state index in [-0.39, 0.29) is 6.10 Å². The lowest BCUT2D eigenvalue weighted by atomic mass is 9.86. The lowest BCUT2D eigenvalue weighted by molar-refractivity contribution is -0.183. The van der Waals surface area contributed by atoms with Crippen LogP contribution in [0.4, 0.5) is 0 Å². The molecule has 1 fully saturated rings. The molecule has 0 spiro atoms. The SMILES string of the molecule is COc1ccccc1OCCNCC1COCC(c2ccccc2)(c2ccccc2)O1.O=C(O)C(=O)O. The van der Waals surface area contributed by atoms with Gasteiger partial charge in [0.1, 0.15) is 12.2 Å². The molecule has 9 heteroatoms. The van der Waals surface area contributed by atoms with Gasteiger partial charge in [-0.05, 0) is 23.3 Å². The second-order valence-corrected chi connectivity index (χ2v) is 8.13. The molecule has 1 aliphatic rings. The molecule has 196 valence electrons. The number of hydrogen-bond donors (Lipinski definition) is 3. The zero-order valence-corrected chi connectivity index (χ0v) is 20.5. The van der Waals surface area contributed by atoms with Crippen molar-refractivity contribution in [2.24, 2.45) is 0 Å². The molecule has 3 N–H and O–H groups in total. The van der Waals surface area contributed by atoms with Gasteiger partial charge < -0.3 is 34.5 Å². The van der Waals surface area contributed by atoms with E-state index in [0.29, 0.717) is 32.9 Å². The summed E-state index contributed by atoms with van der Waals surface area (Å²) in [5, 5.41) is 18.2. The summed E-state index contributed by atoms with van der Waals surface area (Å²) >= 11 is 0. The zero-order valence-electron chi connectivity index (χ0n) is 20.5. The average molecular weight is 510 g/mol. The topological polar surface area (TPSA) is 124 Å². The highest BCUT2D eigenvalue weighted by atomic mass is 16.6. The van der Waals surface area contributed by atoms with Crippen LogP contribution in [0.15, 0.2) is 84.9 Å². The molecule has 1 unspecified atom stereocenters. The van der Waals surface area contributed by atoms with Crippen LogP contribution in [0.2, 0.25) is 0 Å². The number of aliphatic carboxylic acids is 2. The molecular weight excluding hydrogens is 478 g/mol. The van der Waals surface area contributed by atoms with Gasteiger partial charge in [-0.3, -0.25) is 0 Å². The van der Waals surface area contributed by atoms with Crippen molar-refractivity contribution in [2.75, 3.05) is 40.0 Å². The van der Waals surface area contributed by atoms with Gasteiger partial charge in [-0.1, -0.05) is 72.8 Å². The van der Waals surface area contributed by atoms with Crippen LogP contribution in [0.5, 0.6) is 11.5 Å². The Morgan fingerprint density at radius 2 is 1.43 bits per heavy atom. The largest absolute Gasteiger partial charge is 0.493 e. The monoisotopic (exact) mass is 509 g/mol. The first-order chi connectivity index (χ1) is 18.0. The van der Waals surface area contributed by atoms with Crippen molar-refractivity contribution in [3.8, 4) is 11.5 Å². The van der Waals surface area contributed by atoms with Gasteiger partial charge in [0.05, 0.1) is 26.4 Å². The Morgan fingerprint density at radius 1 is 0.892 bits per heavy atom. The second kappa shape index (κ2) is 14.0. The van der Waals surface area contributed by atoms with Gasteiger partial charge in [0.2, 0.25) is 0 Å². The highest BCUT2D eigenvalue weighted by molar-refractivity contribution is 6.27. The van der Waals surface area contributed by atoms with Gasteiger partial charge in [0.15, 0.2) is 11.5 Å². The highest BCUT2D eigenvalue weighted by Crippen LogP contribution is 2.37. The minimum atomic E-state index is -1.82. The van der Waals surface area contributed by atoms with Gasteiger partial charge >= 0.3 is 11.9 Å². The third-order valence-electron chi connectivity index (χ3n) is 5.62. The first kappa shape index (κ1) is 27.7. The summed E-state index contributed by atoms with van der Waals surface area (Å²) in [5.74, 6) is -2.16. The maximum absolute atomic E-state index is 9.10. The Hall–Kier alpha value is -3.92. The Balaban J connectivity index is 0.000000568. The molecule has 1 aliphatic heterocycles. The molecule has 1 heterocycles. The number of hydrogen-bond acceptors (Lipinski definition) is 7. The number of carbonyl (C=O) groups is 2. The fourth-order valence-corrected chi connectivity index (χ4v) is 3.91. The molecule has 4 rings (SSSR count). The summed E-state index contributed by atoms with van der Waals surface area (Å²) in [4.78, 5) is 18.2. The van der Waals surface area contributed by atoms with Crippen LogP contribution >= 0.6 is 0 Å². The smallest absolute Gasteiger partial charge is 0.414 e. The number of nitrogens with one attached hydrogen (secondary N) is 1. The van der Waals surface area contributed by atoms with E-state index in [1.165, 1.54) is 0 Å². The zero-order chi connectivity index (χ0) is 26.5. The van der Waals surface area contributed by atoms with Crippen molar-refractivity contribution in [2.45, 2.75) is 11.7 Å².